The quantitative estimate of drug-likeness (QED) is 0.846. The van der Waals surface area contributed by atoms with Gasteiger partial charge in [-0.2, -0.15) is 0 Å². The first-order valence-corrected chi connectivity index (χ1v) is 7.34. The second kappa shape index (κ2) is 6.45. The van der Waals surface area contributed by atoms with Crippen LogP contribution in [-0.2, 0) is 0 Å². The molecule has 0 bridgehead atoms. The van der Waals surface area contributed by atoms with Gasteiger partial charge in [0.05, 0.1) is 12.5 Å². The molecule has 3 nitrogen and oxygen atoms in total. The van der Waals surface area contributed by atoms with Crippen LogP contribution in [0.1, 0.15) is 12.5 Å². The zero-order valence-electron chi connectivity index (χ0n) is 11.4. The number of benzene rings is 1. The molecular weight excluding hydrogens is 244 g/mol. The molecule has 0 amide bonds. The molecule has 1 aromatic rings. The second-order valence-electron chi connectivity index (χ2n) is 4.63. The highest BCUT2D eigenvalue weighted by molar-refractivity contribution is 7.99. The van der Waals surface area contributed by atoms with E-state index in [2.05, 4.69) is 36.2 Å². The third-order valence-corrected chi connectivity index (χ3v) is 4.70. The Morgan fingerprint density at radius 2 is 2.06 bits per heavy atom. The molecule has 0 aromatic heterocycles. The van der Waals surface area contributed by atoms with Gasteiger partial charge in [0.2, 0.25) is 0 Å². The molecule has 0 saturated carbocycles. The third-order valence-electron chi connectivity index (χ3n) is 3.35. The van der Waals surface area contributed by atoms with Crippen molar-refractivity contribution in [3.63, 3.8) is 0 Å². The molecule has 1 unspecified atom stereocenters. The minimum atomic E-state index is 0.527. The van der Waals surface area contributed by atoms with Gasteiger partial charge in [0, 0.05) is 31.1 Å². The van der Waals surface area contributed by atoms with Gasteiger partial charge in [-0.1, -0.05) is 0 Å². The highest BCUT2D eigenvalue weighted by atomic mass is 32.2. The number of ether oxygens (including phenoxy) is 1. The van der Waals surface area contributed by atoms with Crippen molar-refractivity contribution in [2.24, 2.45) is 0 Å². The second-order valence-corrected chi connectivity index (χ2v) is 5.99. The summed E-state index contributed by atoms with van der Waals surface area (Å²) in [5.41, 5.74) is 1.29. The third kappa shape index (κ3) is 3.40. The molecule has 1 aliphatic rings. The van der Waals surface area contributed by atoms with Crippen molar-refractivity contribution in [3.8, 4) is 5.75 Å². The standard InChI is InChI=1S/C14H22N2OS/c1-11-10-13(17-3)4-5-14(11)18-12(2)16-8-6-15-7-9-16/h4-5,10,12,15H,6-9H2,1-3H3. The van der Waals surface area contributed by atoms with Crippen LogP contribution < -0.4 is 10.1 Å². The Bertz CT molecular complexity index is 391. The predicted octanol–water partition coefficient (Wildman–Crippen LogP) is 2.35. The lowest BCUT2D eigenvalue weighted by atomic mass is 10.2. The number of nitrogens with zero attached hydrogens (tertiary/aromatic N) is 1. The van der Waals surface area contributed by atoms with Crippen LogP contribution in [0.3, 0.4) is 0 Å². The van der Waals surface area contributed by atoms with Gasteiger partial charge in [-0.25, -0.2) is 0 Å². The van der Waals surface area contributed by atoms with E-state index in [1.165, 1.54) is 10.5 Å². The van der Waals surface area contributed by atoms with Crippen LogP contribution in [0.2, 0.25) is 0 Å². The Kier molecular flexibility index (Phi) is 4.92. The Morgan fingerprint density at radius 3 is 2.67 bits per heavy atom. The maximum Gasteiger partial charge on any atom is 0.119 e. The minimum absolute atomic E-state index is 0.527. The summed E-state index contributed by atoms with van der Waals surface area (Å²) in [5, 5.41) is 3.92. The van der Waals surface area contributed by atoms with E-state index in [0.717, 1.165) is 31.9 Å². The Labute approximate surface area is 114 Å². The molecule has 1 aliphatic heterocycles. The van der Waals surface area contributed by atoms with E-state index in [0.29, 0.717) is 5.37 Å². The van der Waals surface area contributed by atoms with E-state index in [9.17, 15) is 0 Å². The zero-order chi connectivity index (χ0) is 13.0. The molecule has 1 heterocycles. The average molecular weight is 266 g/mol. The normalized spacial score (nSPS) is 18.6. The highest BCUT2D eigenvalue weighted by Gasteiger charge is 2.17. The summed E-state index contributed by atoms with van der Waals surface area (Å²) in [4.78, 5) is 3.88. The first-order chi connectivity index (χ1) is 8.70. The van der Waals surface area contributed by atoms with Crippen molar-refractivity contribution in [2.75, 3.05) is 33.3 Å². The largest absolute Gasteiger partial charge is 0.497 e. The lowest BCUT2D eigenvalue weighted by Gasteiger charge is -2.32. The summed E-state index contributed by atoms with van der Waals surface area (Å²) >= 11 is 1.94. The lowest BCUT2D eigenvalue weighted by molar-refractivity contribution is 0.234. The SMILES string of the molecule is COc1ccc(SC(C)N2CCNCC2)c(C)c1. The van der Waals surface area contributed by atoms with Crippen LogP contribution in [0.25, 0.3) is 0 Å². The molecule has 1 N–H and O–H groups in total. The van der Waals surface area contributed by atoms with Crippen LogP contribution in [0.4, 0.5) is 0 Å². The van der Waals surface area contributed by atoms with Crippen molar-refractivity contribution in [1.29, 1.82) is 0 Å². The van der Waals surface area contributed by atoms with E-state index in [1.807, 2.05) is 17.8 Å². The molecular formula is C14H22N2OS. The molecule has 0 aliphatic carbocycles. The van der Waals surface area contributed by atoms with Crippen LogP contribution in [-0.4, -0.2) is 43.6 Å². The summed E-state index contributed by atoms with van der Waals surface area (Å²) in [6, 6.07) is 6.31. The molecule has 0 spiro atoms. The number of hydrogen-bond acceptors (Lipinski definition) is 4. The van der Waals surface area contributed by atoms with Crippen molar-refractivity contribution in [2.45, 2.75) is 24.1 Å². The number of rotatable bonds is 4. The fourth-order valence-corrected chi connectivity index (χ4v) is 3.30. The number of thioether (sulfide) groups is 1. The summed E-state index contributed by atoms with van der Waals surface area (Å²) in [7, 11) is 1.71. The molecule has 100 valence electrons. The number of piperazine rings is 1. The Morgan fingerprint density at radius 1 is 1.33 bits per heavy atom. The van der Waals surface area contributed by atoms with Crippen molar-refractivity contribution >= 4 is 11.8 Å². The van der Waals surface area contributed by atoms with Gasteiger partial charge in [0.15, 0.2) is 0 Å². The van der Waals surface area contributed by atoms with E-state index in [1.54, 1.807) is 7.11 Å². The molecule has 1 atom stereocenters. The molecule has 2 rings (SSSR count). The van der Waals surface area contributed by atoms with Gasteiger partial charge in [-0.05, 0) is 37.6 Å². The topological polar surface area (TPSA) is 24.5 Å². The maximum absolute atomic E-state index is 5.24. The predicted molar refractivity (Wildman–Crippen MR) is 77.5 cm³/mol. The molecule has 18 heavy (non-hydrogen) atoms. The minimum Gasteiger partial charge on any atom is -0.497 e. The van der Waals surface area contributed by atoms with E-state index in [-0.39, 0.29) is 0 Å². The number of hydrogen-bond donors (Lipinski definition) is 1. The van der Waals surface area contributed by atoms with E-state index in [4.69, 9.17) is 4.74 Å². The molecule has 1 fully saturated rings. The average Bonchev–Trinajstić information content (AvgIpc) is 2.42. The summed E-state index contributed by atoms with van der Waals surface area (Å²) in [6.45, 7) is 8.93. The monoisotopic (exact) mass is 266 g/mol. The fourth-order valence-electron chi connectivity index (χ4n) is 2.19. The maximum atomic E-state index is 5.24. The summed E-state index contributed by atoms with van der Waals surface area (Å²) < 4.78 is 5.24. The van der Waals surface area contributed by atoms with Crippen LogP contribution in [0.15, 0.2) is 23.1 Å². The van der Waals surface area contributed by atoms with Crippen molar-refractivity contribution in [1.82, 2.24) is 10.2 Å². The van der Waals surface area contributed by atoms with Gasteiger partial charge in [-0.3, -0.25) is 4.90 Å². The van der Waals surface area contributed by atoms with Crippen LogP contribution in [0, 0.1) is 6.92 Å². The first-order valence-electron chi connectivity index (χ1n) is 6.47. The van der Waals surface area contributed by atoms with Gasteiger partial charge in [0.25, 0.3) is 0 Å². The first kappa shape index (κ1) is 13.7. The smallest absolute Gasteiger partial charge is 0.119 e. The summed E-state index contributed by atoms with van der Waals surface area (Å²) in [6.07, 6.45) is 0. The molecule has 1 saturated heterocycles. The van der Waals surface area contributed by atoms with E-state index >= 15 is 0 Å². The molecule has 4 heteroatoms. The fraction of sp³-hybridized carbons (Fsp3) is 0.571. The van der Waals surface area contributed by atoms with Gasteiger partial charge >= 0.3 is 0 Å². The van der Waals surface area contributed by atoms with Crippen molar-refractivity contribution < 1.29 is 4.74 Å². The Hall–Kier alpha value is -0.710. The van der Waals surface area contributed by atoms with Gasteiger partial charge < -0.3 is 10.1 Å². The highest BCUT2D eigenvalue weighted by Crippen LogP contribution is 2.30. The Balaban J connectivity index is 1.99. The van der Waals surface area contributed by atoms with Gasteiger partial charge in [-0.15, -0.1) is 11.8 Å². The molecule has 1 aromatic carbocycles. The lowest BCUT2D eigenvalue weighted by Crippen LogP contribution is -2.46. The van der Waals surface area contributed by atoms with Crippen molar-refractivity contribution in [3.05, 3.63) is 23.8 Å². The molecule has 0 radical (unpaired) electrons. The number of nitrogens with one attached hydrogen (secondary N) is 1. The zero-order valence-corrected chi connectivity index (χ0v) is 12.2. The van der Waals surface area contributed by atoms with Gasteiger partial charge in [0.1, 0.15) is 5.75 Å². The van der Waals surface area contributed by atoms with E-state index < -0.39 is 0 Å². The number of aryl methyl sites for hydroxylation is 1. The van der Waals surface area contributed by atoms with Crippen LogP contribution >= 0.6 is 11.8 Å². The van der Waals surface area contributed by atoms with Crippen LogP contribution in [0.5, 0.6) is 5.75 Å². The summed E-state index contributed by atoms with van der Waals surface area (Å²) in [5.74, 6) is 0.937. The number of methoxy groups -OCH3 is 1.